The van der Waals surface area contributed by atoms with Gasteiger partial charge in [-0.25, -0.2) is 4.98 Å². The summed E-state index contributed by atoms with van der Waals surface area (Å²) in [7, 11) is 0. The second-order valence-corrected chi connectivity index (χ2v) is 6.88. The van der Waals surface area contributed by atoms with E-state index >= 15 is 0 Å². The summed E-state index contributed by atoms with van der Waals surface area (Å²) in [6.07, 6.45) is 1.16. The molecule has 0 saturated heterocycles. The third-order valence-corrected chi connectivity index (χ3v) is 4.12. The van der Waals surface area contributed by atoms with Crippen LogP contribution in [-0.2, 0) is 18.3 Å². The smallest absolute Gasteiger partial charge is 0.119 e. The van der Waals surface area contributed by atoms with Gasteiger partial charge in [0.2, 0.25) is 0 Å². The Morgan fingerprint density at radius 3 is 2.57 bits per heavy atom. The number of hydrogen-bond acceptors (Lipinski definition) is 4. The van der Waals surface area contributed by atoms with Gasteiger partial charge in [-0.05, 0) is 23.1 Å². The lowest BCUT2D eigenvalue weighted by Gasteiger charge is -2.19. The first-order chi connectivity index (χ1) is 9.99. The molecule has 0 saturated carbocycles. The molecule has 0 aliphatic rings. The summed E-state index contributed by atoms with van der Waals surface area (Å²) in [4.78, 5) is 4.39. The van der Waals surface area contributed by atoms with Crippen molar-refractivity contribution in [1.29, 1.82) is 5.26 Å². The molecule has 1 heterocycles. The number of ether oxygens (including phenoxy) is 1. The van der Waals surface area contributed by atoms with E-state index in [1.807, 2.05) is 17.5 Å². The lowest BCUT2D eigenvalue weighted by Crippen LogP contribution is -2.10. The van der Waals surface area contributed by atoms with E-state index in [0.29, 0.717) is 13.0 Å². The maximum Gasteiger partial charge on any atom is 0.119 e. The highest BCUT2D eigenvalue weighted by atomic mass is 32.1. The van der Waals surface area contributed by atoms with Crippen molar-refractivity contribution >= 4 is 11.3 Å². The molecule has 0 radical (unpaired) electrons. The van der Waals surface area contributed by atoms with E-state index in [1.54, 1.807) is 11.3 Å². The summed E-state index contributed by atoms with van der Waals surface area (Å²) in [5, 5.41) is 11.6. The zero-order valence-corrected chi connectivity index (χ0v) is 13.5. The van der Waals surface area contributed by atoms with Crippen LogP contribution in [0.3, 0.4) is 0 Å². The van der Waals surface area contributed by atoms with Gasteiger partial charge in [0.25, 0.3) is 0 Å². The predicted molar refractivity (Wildman–Crippen MR) is 85.8 cm³/mol. The minimum absolute atomic E-state index is 0.163. The summed E-state index contributed by atoms with van der Waals surface area (Å²) in [5.74, 6) is 0.886. The van der Waals surface area contributed by atoms with Gasteiger partial charge in [0.15, 0.2) is 0 Å². The number of thiazole rings is 1. The summed E-state index contributed by atoms with van der Waals surface area (Å²) in [5.41, 5.74) is 2.32. The first-order valence-electron chi connectivity index (χ1n) is 7.02. The van der Waals surface area contributed by atoms with Gasteiger partial charge in [-0.2, -0.15) is 5.26 Å². The maximum atomic E-state index is 8.62. The van der Waals surface area contributed by atoms with Crippen molar-refractivity contribution in [3.05, 3.63) is 45.9 Å². The summed E-state index contributed by atoms with van der Waals surface area (Å²) in [6, 6.07) is 10.4. The zero-order chi connectivity index (χ0) is 15.3. The first kappa shape index (κ1) is 15.5. The standard InChI is InChI=1S/C17H20N2OS/c1-17(2,3)13-4-6-15(7-5-13)20-11-9-16-19-14(8-10-18)12-21-16/h4-7,12H,8-9,11H2,1-3H3. The van der Waals surface area contributed by atoms with E-state index in [2.05, 4.69) is 44.0 Å². The number of aromatic nitrogens is 1. The highest BCUT2D eigenvalue weighted by Crippen LogP contribution is 2.24. The van der Waals surface area contributed by atoms with Crippen LogP contribution in [-0.4, -0.2) is 11.6 Å². The fourth-order valence-corrected chi connectivity index (χ4v) is 2.71. The molecule has 0 amide bonds. The largest absolute Gasteiger partial charge is 0.493 e. The van der Waals surface area contributed by atoms with E-state index in [-0.39, 0.29) is 5.41 Å². The Balaban J connectivity index is 1.84. The van der Waals surface area contributed by atoms with Gasteiger partial charge in [-0.1, -0.05) is 32.9 Å². The number of hydrogen-bond donors (Lipinski definition) is 0. The molecule has 2 aromatic rings. The first-order valence-corrected chi connectivity index (χ1v) is 7.90. The number of nitrogens with zero attached hydrogens (tertiary/aromatic N) is 2. The van der Waals surface area contributed by atoms with Crippen molar-refractivity contribution in [3.63, 3.8) is 0 Å². The van der Waals surface area contributed by atoms with Crippen molar-refractivity contribution in [1.82, 2.24) is 4.98 Å². The van der Waals surface area contributed by atoms with Gasteiger partial charge in [-0.15, -0.1) is 11.3 Å². The Hall–Kier alpha value is -1.86. The average molecular weight is 300 g/mol. The molecule has 0 spiro atoms. The predicted octanol–water partition coefficient (Wildman–Crippen LogP) is 4.13. The van der Waals surface area contributed by atoms with Crippen LogP contribution in [0.2, 0.25) is 0 Å². The highest BCUT2D eigenvalue weighted by Gasteiger charge is 2.12. The van der Waals surface area contributed by atoms with Crippen LogP contribution in [0, 0.1) is 11.3 Å². The fraction of sp³-hybridized carbons (Fsp3) is 0.412. The molecular weight excluding hydrogens is 280 g/mol. The van der Waals surface area contributed by atoms with Crippen molar-refractivity contribution in [2.45, 2.75) is 39.0 Å². The molecule has 2 rings (SSSR count). The molecule has 4 heteroatoms. The molecule has 0 aliphatic carbocycles. The lowest BCUT2D eigenvalue weighted by molar-refractivity contribution is 0.321. The molecule has 0 aliphatic heterocycles. The second kappa shape index (κ2) is 6.73. The molecular formula is C17H20N2OS. The maximum absolute atomic E-state index is 8.62. The van der Waals surface area contributed by atoms with Crippen molar-refractivity contribution in [2.75, 3.05) is 6.61 Å². The molecule has 0 atom stereocenters. The normalized spacial score (nSPS) is 11.1. The molecule has 3 nitrogen and oxygen atoms in total. The Kier molecular flexibility index (Phi) is 4.98. The van der Waals surface area contributed by atoms with E-state index in [4.69, 9.17) is 10.00 Å². The SMILES string of the molecule is CC(C)(C)c1ccc(OCCc2nc(CC#N)cs2)cc1. The van der Waals surface area contributed by atoms with Crippen molar-refractivity contribution in [2.24, 2.45) is 0 Å². The minimum Gasteiger partial charge on any atom is -0.493 e. The van der Waals surface area contributed by atoms with Gasteiger partial charge >= 0.3 is 0 Å². The lowest BCUT2D eigenvalue weighted by atomic mass is 9.87. The number of benzene rings is 1. The van der Waals surface area contributed by atoms with Crippen LogP contribution in [0.5, 0.6) is 5.75 Å². The zero-order valence-electron chi connectivity index (χ0n) is 12.7. The Bertz CT molecular complexity index is 617. The molecule has 21 heavy (non-hydrogen) atoms. The molecule has 0 unspecified atom stereocenters. The quantitative estimate of drug-likeness (QED) is 0.834. The van der Waals surface area contributed by atoms with Crippen molar-refractivity contribution < 1.29 is 4.74 Å². The van der Waals surface area contributed by atoms with Crippen LogP contribution < -0.4 is 4.74 Å². The highest BCUT2D eigenvalue weighted by molar-refractivity contribution is 7.09. The second-order valence-electron chi connectivity index (χ2n) is 5.94. The van der Waals surface area contributed by atoms with E-state index in [0.717, 1.165) is 22.9 Å². The molecule has 0 fully saturated rings. The van der Waals surface area contributed by atoms with Crippen LogP contribution in [0.25, 0.3) is 0 Å². The van der Waals surface area contributed by atoms with E-state index < -0.39 is 0 Å². The summed E-state index contributed by atoms with van der Waals surface area (Å²) < 4.78 is 5.75. The number of rotatable bonds is 5. The Morgan fingerprint density at radius 2 is 1.95 bits per heavy atom. The molecule has 1 aromatic carbocycles. The minimum atomic E-state index is 0.163. The third kappa shape index (κ3) is 4.57. The third-order valence-electron chi connectivity index (χ3n) is 3.16. The van der Waals surface area contributed by atoms with Crippen LogP contribution in [0.4, 0.5) is 0 Å². The monoisotopic (exact) mass is 300 g/mol. The van der Waals surface area contributed by atoms with Crippen LogP contribution in [0.15, 0.2) is 29.6 Å². The summed E-state index contributed by atoms with van der Waals surface area (Å²) >= 11 is 1.59. The van der Waals surface area contributed by atoms with Crippen LogP contribution in [0.1, 0.15) is 37.0 Å². The van der Waals surface area contributed by atoms with Gasteiger partial charge in [0.1, 0.15) is 5.75 Å². The number of nitriles is 1. The topological polar surface area (TPSA) is 45.9 Å². The fourth-order valence-electron chi connectivity index (χ4n) is 1.93. The van der Waals surface area contributed by atoms with Gasteiger partial charge < -0.3 is 4.74 Å². The van der Waals surface area contributed by atoms with Gasteiger partial charge in [-0.3, -0.25) is 0 Å². The molecule has 0 N–H and O–H groups in total. The van der Waals surface area contributed by atoms with Crippen LogP contribution >= 0.6 is 11.3 Å². The molecule has 0 bridgehead atoms. The van der Waals surface area contributed by atoms with E-state index in [1.165, 1.54) is 5.56 Å². The van der Waals surface area contributed by atoms with E-state index in [9.17, 15) is 0 Å². The van der Waals surface area contributed by atoms with Gasteiger partial charge in [0, 0.05) is 11.8 Å². The Labute approximate surface area is 130 Å². The Morgan fingerprint density at radius 1 is 1.24 bits per heavy atom. The summed E-state index contributed by atoms with van der Waals surface area (Å²) in [6.45, 7) is 7.20. The molecule has 1 aromatic heterocycles. The molecule has 110 valence electrons. The average Bonchev–Trinajstić information content (AvgIpc) is 2.86. The van der Waals surface area contributed by atoms with Crippen molar-refractivity contribution in [3.8, 4) is 11.8 Å². The van der Waals surface area contributed by atoms with Gasteiger partial charge in [0.05, 0.1) is 29.8 Å².